The van der Waals surface area contributed by atoms with Crippen LogP contribution in [0.15, 0.2) is 46.9 Å². The van der Waals surface area contributed by atoms with E-state index in [0.717, 1.165) is 10.0 Å². The molecule has 2 aromatic carbocycles. The van der Waals surface area contributed by atoms with Gasteiger partial charge in [0.15, 0.2) is 11.5 Å². The molecular weight excluding hydrogens is 376 g/mol. The van der Waals surface area contributed by atoms with Crippen molar-refractivity contribution >= 4 is 33.4 Å². The van der Waals surface area contributed by atoms with Crippen LogP contribution in [-0.2, 0) is 16.1 Å². The van der Waals surface area contributed by atoms with Gasteiger partial charge >= 0.3 is 0 Å². The maximum absolute atomic E-state index is 11.9. The van der Waals surface area contributed by atoms with E-state index in [-0.39, 0.29) is 25.0 Å². The normalized spacial score (nSPS) is 11.9. The lowest BCUT2D eigenvalue weighted by Crippen LogP contribution is -2.27. The number of hydrogen-bond donors (Lipinski definition) is 2. The molecule has 124 valence electrons. The number of carbonyl (C=O) groups is 2. The zero-order chi connectivity index (χ0) is 16.9. The molecule has 0 radical (unpaired) electrons. The van der Waals surface area contributed by atoms with Crippen LogP contribution in [0, 0.1) is 0 Å². The fraction of sp³-hybridized carbons (Fsp3) is 0.176. The van der Waals surface area contributed by atoms with Gasteiger partial charge in [-0.2, -0.15) is 0 Å². The first-order chi connectivity index (χ1) is 11.6. The molecular formula is C17H15BrN2O4. The van der Waals surface area contributed by atoms with Crippen LogP contribution in [0.3, 0.4) is 0 Å². The van der Waals surface area contributed by atoms with Gasteiger partial charge in [0.1, 0.15) is 6.42 Å². The van der Waals surface area contributed by atoms with Crippen LogP contribution in [0.2, 0.25) is 0 Å². The molecule has 3 rings (SSSR count). The van der Waals surface area contributed by atoms with Gasteiger partial charge in [0.2, 0.25) is 18.6 Å². The minimum atomic E-state index is -0.361. The van der Waals surface area contributed by atoms with E-state index in [1.165, 1.54) is 0 Å². The lowest BCUT2D eigenvalue weighted by atomic mass is 10.2. The molecule has 0 aromatic heterocycles. The van der Waals surface area contributed by atoms with Gasteiger partial charge in [-0.3, -0.25) is 9.59 Å². The summed E-state index contributed by atoms with van der Waals surface area (Å²) in [6.45, 7) is 0.530. The predicted octanol–water partition coefficient (Wildman–Crippen LogP) is 2.82. The third kappa shape index (κ3) is 4.26. The quantitative estimate of drug-likeness (QED) is 0.769. The highest BCUT2D eigenvalue weighted by atomic mass is 79.9. The number of fused-ring (bicyclic) bond motifs is 1. The summed E-state index contributed by atoms with van der Waals surface area (Å²) in [4.78, 5) is 23.7. The minimum absolute atomic E-state index is 0.210. The standard InChI is InChI=1S/C17H15BrN2O4/c18-12-2-4-13(5-3-12)20-17(22)8-16(21)19-9-11-1-6-14-15(7-11)24-10-23-14/h1-7H,8-10H2,(H,19,21)(H,20,22). The molecule has 0 unspecified atom stereocenters. The number of benzene rings is 2. The van der Waals surface area contributed by atoms with E-state index < -0.39 is 0 Å². The Morgan fingerprint density at radius 3 is 2.54 bits per heavy atom. The summed E-state index contributed by atoms with van der Waals surface area (Å²) in [5, 5.41) is 5.39. The van der Waals surface area contributed by atoms with Gasteiger partial charge in [0.05, 0.1) is 0 Å². The second-order valence-electron chi connectivity index (χ2n) is 5.20. The zero-order valence-electron chi connectivity index (χ0n) is 12.7. The summed E-state index contributed by atoms with van der Waals surface area (Å²) < 4.78 is 11.4. The zero-order valence-corrected chi connectivity index (χ0v) is 14.3. The first-order valence-corrected chi connectivity index (χ1v) is 8.10. The monoisotopic (exact) mass is 390 g/mol. The van der Waals surface area contributed by atoms with Crippen LogP contribution in [0.1, 0.15) is 12.0 Å². The third-order valence-corrected chi connectivity index (χ3v) is 3.90. The van der Waals surface area contributed by atoms with Gasteiger partial charge < -0.3 is 20.1 Å². The highest BCUT2D eigenvalue weighted by Crippen LogP contribution is 2.32. The SMILES string of the molecule is O=C(CC(=O)Nc1ccc(Br)cc1)NCc1ccc2c(c1)OCO2. The van der Waals surface area contributed by atoms with Gasteiger partial charge in [-0.05, 0) is 42.0 Å². The van der Waals surface area contributed by atoms with Crippen LogP contribution in [0.4, 0.5) is 5.69 Å². The second-order valence-corrected chi connectivity index (χ2v) is 6.11. The number of rotatable bonds is 5. The Hall–Kier alpha value is -2.54. The number of amides is 2. The van der Waals surface area contributed by atoms with E-state index in [1.54, 1.807) is 18.2 Å². The van der Waals surface area contributed by atoms with Gasteiger partial charge in [-0.25, -0.2) is 0 Å². The molecule has 0 bridgehead atoms. The van der Waals surface area contributed by atoms with Gasteiger partial charge in [-0.15, -0.1) is 0 Å². The number of hydrogen-bond acceptors (Lipinski definition) is 4. The van der Waals surface area contributed by atoms with Crippen LogP contribution >= 0.6 is 15.9 Å². The maximum atomic E-state index is 11.9. The average molecular weight is 391 g/mol. The molecule has 24 heavy (non-hydrogen) atoms. The van der Waals surface area contributed by atoms with Crippen molar-refractivity contribution in [3.05, 3.63) is 52.5 Å². The minimum Gasteiger partial charge on any atom is -0.454 e. The van der Waals surface area contributed by atoms with E-state index in [0.29, 0.717) is 23.7 Å². The van der Waals surface area contributed by atoms with E-state index >= 15 is 0 Å². The lowest BCUT2D eigenvalue weighted by Gasteiger charge is -2.07. The van der Waals surface area contributed by atoms with Crippen LogP contribution in [0.25, 0.3) is 0 Å². The first-order valence-electron chi connectivity index (χ1n) is 7.31. The first kappa shape index (κ1) is 16.3. The van der Waals surface area contributed by atoms with E-state index in [4.69, 9.17) is 9.47 Å². The predicted molar refractivity (Wildman–Crippen MR) is 91.8 cm³/mol. The number of nitrogens with one attached hydrogen (secondary N) is 2. The van der Waals surface area contributed by atoms with Crippen molar-refractivity contribution in [2.45, 2.75) is 13.0 Å². The Bertz CT molecular complexity index is 762. The molecule has 0 fully saturated rings. The largest absolute Gasteiger partial charge is 0.454 e. The fourth-order valence-electron chi connectivity index (χ4n) is 2.20. The number of ether oxygens (including phenoxy) is 2. The van der Waals surface area contributed by atoms with E-state index in [1.807, 2.05) is 24.3 Å². The lowest BCUT2D eigenvalue weighted by molar-refractivity contribution is -0.126. The summed E-state index contributed by atoms with van der Waals surface area (Å²) in [6, 6.07) is 12.6. The summed E-state index contributed by atoms with van der Waals surface area (Å²) >= 11 is 3.32. The summed E-state index contributed by atoms with van der Waals surface area (Å²) in [5.74, 6) is 0.650. The average Bonchev–Trinajstić information content (AvgIpc) is 3.02. The second kappa shape index (κ2) is 7.35. The van der Waals surface area contributed by atoms with Crippen molar-refractivity contribution in [1.29, 1.82) is 0 Å². The maximum Gasteiger partial charge on any atom is 0.233 e. The summed E-state index contributed by atoms with van der Waals surface area (Å²) in [5.41, 5.74) is 1.52. The van der Waals surface area contributed by atoms with Crippen molar-refractivity contribution in [3.63, 3.8) is 0 Å². The van der Waals surface area contributed by atoms with Crippen LogP contribution < -0.4 is 20.1 Å². The highest BCUT2D eigenvalue weighted by Gasteiger charge is 2.14. The number of anilines is 1. The van der Waals surface area contributed by atoms with E-state index in [9.17, 15) is 9.59 Å². The molecule has 7 heteroatoms. The Morgan fingerprint density at radius 2 is 1.75 bits per heavy atom. The molecule has 0 aliphatic carbocycles. The highest BCUT2D eigenvalue weighted by molar-refractivity contribution is 9.10. The Labute approximate surface area is 147 Å². The molecule has 1 aliphatic heterocycles. The smallest absolute Gasteiger partial charge is 0.233 e. The van der Waals surface area contributed by atoms with Crippen molar-refractivity contribution < 1.29 is 19.1 Å². The molecule has 6 nitrogen and oxygen atoms in total. The molecule has 2 N–H and O–H groups in total. The van der Waals surface area contributed by atoms with Gasteiger partial charge in [-0.1, -0.05) is 22.0 Å². The van der Waals surface area contributed by atoms with Crippen LogP contribution in [0.5, 0.6) is 11.5 Å². The topological polar surface area (TPSA) is 76.7 Å². The van der Waals surface area contributed by atoms with Crippen molar-refractivity contribution in [3.8, 4) is 11.5 Å². The van der Waals surface area contributed by atoms with Crippen LogP contribution in [-0.4, -0.2) is 18.6 Å². The molecule has 1 heterocycles. The summed E-state index contributed by atoms with van der Waals surface area (Å²) in [7, 11) is 0. The molecule has 2 aromatic rings. The number of carbonyl (C=O) groups excluding carboxylic acids is 2. The number of halogens is 1. The van der Waals surface area contributed by atoms with Crippen molar-refractivity contribution in [2.75, 3.05) is 12.1 Å². The molecule has 0 atom stereocenters. The molecule has 0 spiro atoms. The summed E-state index contributed by atoms with van der Waals surface area (Å²) in [6.07, 6.45) is -0.236. The Balaban J connectivity index is 1.46. The van der Waals surface area contributed by atoms with E-state index in [2.05, 4.69) is 26.6 Å². The molecule has 0 saturated heterocycles. The molecule has 1 aliphatic rings. The molecule has 2 amide bonds. The molecule has 0 saturated carbocycles. The van der Waals surface area contributed by atoms with Gasteiger partial charge in [0.25, 0.3) is 0 Å². The van der Waals surface area contributed by atoms with Gasteiger partial charge in [0, 0.05) is 16.7 Å². The van der Waals surface area contributed by atoms with Crippen molar-refractivity contribution in [1.82, 2.24) is 5.32 Å². The third-order valence-electron chi connectivity index (χ3n) is 3.38. The Morgan fingerprint density at radius 1 is 1.00 bits per heavy atom. The Kier molecular flexibility index (Phi) is 5.00. The fourth-order valence-corrected chi connectivity index (χ4v) is 2.46. The van der Waals surface area contributed by atoms with Crippen molar-refractivity contribution in [2.24, 2.45) is 0 Å².